The first-order valence-corrected chi connectivity index (χ1v) is 11.3. The molecule has 3 rings (SSSR count). The van der Waals surface area contributed by atoms with E-state index in [1.807, 2.05) is 0 Å². The van der Waals surface area contributed by atoms with E-state index in [2.05, 4.69) is 97.3 Å². The van der Waals surface area contributed by atoms with Gasteiger partial charge in [0, 0.05) is 31.6 Å². The SMILES string of the molecule is CC(C)(C)N1CCN(CCC#N)C1[SiH](c1ccccc1)c1ccccc1. The maximum atomic E-state index is 9.13. The molecule has 0 aliphatic carbocycles. The van der Waals surface area contributed by atoms with Crippen LogP contribution in [0, 0.1) is 11.3 Å². The van der Waals surface area contributed by atoms with Gasteiger partial charge in [-0.3, -0.25) is 9.80 Å². The fourth-order valence-electron chi connectivity index (χ4n) is 4.12. The van der Waals surface area contributed by atoms with Crippen molar-refractivity contribution >= 4 is 19.2 Å². The zero-order valence-corrected chi connectivity index (χ0v) is 17.3. The lowest BCUT2D eigenvalue weighted by atomic mass is 10.1. The first-order valence-electron chi connectivity index (χ1n) is 9.50. The molecule has 2 aromatic rings. The molecule has 0 amide bonds. The Morgan fingerprint density at radius 1 is 0.962 bits per heavy atom. The summed E-state index contributed by atoms with van der Waals surface area (Å²) in [7, 11) is -1.52. The summed E-state index contributed by atoms with van der Waals surface area (Å²) in [6.07, 6.45) is 0.596. The molecular weight excluding hydrogens is 334 g/mol. The Kier molecular flexibility index (Phi) is 5.93. The van der Waals surface area contributed by atoms with Gasteiger partial charge in [-0.25, -0.2) is 0 Å². The molecule has 0 radical (unpaired) electrons. The largest absolute Gasteiger partial charge is 0.288 e. The second kappa shape index (κ2) is 8.18. The van der Waals surface area contributed by atoms with Crippen LogP contribution in [0.15, 0.2) is 60.7 Å². The average Bonchev–Trinajstić information content (AvgIpc) is 3.06. The third kappa shape index (κ3) is 4.07. The van der Waals surface area contributed by atoms with E-state index in [1.165, 1.54) is 10.4 Å². The third-order valence-electron chi connectivity index (χ3n) is 5.31. The van der Waals surface area contributed by atoms with E-state index in [0.717, 1.165) is 19.6 Å². The molecule has 26 heavy (non-hydrogen) atoms. The summed E-state index contributed by atoms with van der Waals surface area (Å²) in [6.45, 7) is 9.92. The van der Waals surface area contributed by atoms with Gasteiger partial charge in [-0.1, -0.05) is 71.0 Å². The summed E-state index contributed by atoms with van der Waals surface area (Å²) in [5, 5.41) is 12.1. The average molecular weight is 364 g/mol. The van der Waals surface area contributed by atoms with Crippen molar-refractivity contribution < 1.29 is 0 Å². The van der Waals surface area contributed by atoms with Gasteiger partial charge in [-0.15, -0.1) is 0 Å². The van der Waals surface area contributed by atoms with Gasteiger partial charge in [0.15, 0.2) is 0 Å². The third-order valence-corrected chi connectivity index (χ3v) is 8.89. The molecule has 2 aromatic carbocycles. The molecule has 1 aliphatic rings. The van der Waals surface area contributed by atoms with Crippen molar-refractivity contribution in [1.82, 2.24) is 9.80 Å². The van der Waals surface area contributed by atoms with Gasteiger partial charge < -0.3 is 0 Å². The van der Waals surface area contributed by atoms with E-state index in [4.69, 9.17) is 5.26 Å². The van der Waals surface area contributed by atoms with Crippen LogP contribution in [0.5, 0.6) is 0 Å². The van der Waals surface area contributed by atoms with Gasteiger partial charge in [0.1, 0.15) is 8.80 Å². The van der Waals surface area contributed by atoms with Crippen LogP contribution in [0.3, 0.4) is 0 Å². The van der Waals surface area contributed by atoms with Crippen LogP contribution in [-0.4, -0.2) is 49.6 Å². The summed E-state index contributed by atoms with van der Waals surface area (Å²) in [4.78, 5) is 5.23. The van der Waals surface area contributed by atoms with Crippen molar-refractivity contribution in [3.63, 3.8) is 0 Å². The monoisotopic (exact) mass is 363 g/mol. The van der Waals surface area contributed by atoms with E-state index in [1.54, 1.807) is 0 Å². The highest BCUT2D eigenvalue weighted by Gasteiger charge is 2.43. The Morgan fingerprint density at radius 3 is 1.96 bits per heavy atom. The van der Waals surface area contributed by atoms with Crippen LogP contribution in [-0.2, 0) is 0 Å². The topological polar surface area (TPSA) is 30.3 Å². The van der Waals surface area contributed by atoms with Gasteiger partial charge in [0.05, 0.1) is 11.9 Å². The lowest BCUT2D eigenvalue weighted by Gasteiger charge is -2.42. The number of rotatable bonds is 5. The Balaban J connectivity index is 2.07. The Bertz CT molecular complexity index is 694. The predicted molar refractivity (Wildman–Crippen MR) is 111 cm³/mol. The van der Waals surface area contributed by atoms with Crippen molar-refractivity contribution in [2.75, 3.05) is 19.6 Å². The normalized spacial score (nSPS) is 19.0. The second-order valence-electron chi connectivity index (χ2n) is 8.02. The van der Waals surface area contributed by atoms with Gasteiger partial charge in [-0.05, 0) is 20.8 Å². The molecule has 0 saturated carbocycles. The van der Waals surface area contributed by atoms with Crippen LogP contribution < -0.4 is 10.4 Å². The predicted octanol–water partition coefficient (Wildman–Crippen LogP) is 2.22. The van der Waals surface area contributed by atoms with Crippen LogP contribution >= 0.6 is 0 Å². The lowest BCUT2D eigenvalue weighted by Crippen LogP contribution is -2.64. The molecule has 0 spiro atoms. The summed E-state index contributed by atoms with van der Waals surface area (Å²) in [5.74, 6) is 0.396. The highest BCUT2D eigenvalue weighted by molar-refractivity contribution is 6.86. The fourth-order valence-corrected chi connectivity index (χ4v) is 8.14. The summed E-state index contributed by atoms with van der Waals surface area (Å²) >= 11 is 0. The van der Waals surface area contributed by atoms with E-state index < -0.39 is 8.80 Å². The van der Waals surface area contributed by atoms with Crippen molar-refractivity contribution in [3.8, 4) is 6.07 Å². The smallest absolute Gasteiger partial charge is 0.138 e. The fraction of sp³-hybridized carbons (Fsp3) is 0.409. The first kappa shape index (κ1) is 18.8. The summed E-state index contributed by atoms with van der Waals surface area (Å²) < 4.78 is 0. The molecule has 3 nitrogen and oxygen atoms in total. The minimum absolute atomic E-state index is 0.112. The zero-order valence-electron chi connectivity index (χ0n) is 16.1. The molecule has 1 atom stereocenters. The van der Waals surface area contributed by atoms with Gasteiger partial charge >= 0.3 is 0 Å². The molecule has 0 aromatic heterocycles. The molecule has 136 valence electrons. The minimum atomic E-state index is -1.52. The molecule has 1 heterocycles. The molecule has 1 aliphatic heterocycles. The Hall–Kier alpha value is -1.93. The highest BCUT2D eigenvalue weighted by Crippen LogP contribution is 2.26. The zero-order chi connectivity index (χ0) is 18.6. The van der Waals surface area contributed by atoms with Crippen LogP contribution in [0.25, 0.3) is 0 Å². The molecule has 0 bridgehead atoms. The number of hydrogen-bond acceptors (Lipinski definition) is 3. The summed E-state index contributed by atoms with van der Waals surface area (Å²) in [5.41, 5.74) is 0.112. The van der Waals surface area contributed by atoms with Crippen LogP contribution in [0.4, 0.5) is 0 Å². The first-order chi connectivity index (χ1) is 12.5. The maximum absolute atomic E-state index is 9.13. The van der Waals surface area contributed by atoms with Crippen molar-refractivity contribution in [1.29, 1.82) is 5.26 Å². The number of hydrogen-bond donors (Lipinski definition) is 0. The lowest BCUT2D eigenvalue weighted by molar-refractivity contribution is 0.111. The quantitative estimate of drug-likeness (QED) is 0.763. The van der Waals surface area contributed by atoms with Crippen LogP contribution in [0.2, 0.25) is 0 Å². The minimum Gasteiger partial charge on any atom is -0.288 e. The molecule has 1 saturated heterocycles. The highest BCUT2D eigenvalue weighted by atomic mass is 28.3. The van der Waals surface area contributed by atoms with E-state index in [0.29, 0.717) is 12.2 Å². The van der Waals surface area contributed by atoms with Gasteiger partial charge in [-0.2, -0.15) is 5.26 Å². The Labute approximate surface area is 159 Å². The van der Waals surface area contributed by atoms with Gasteiger partial charge in [0.2, 0.25) is 0 Å². The number of nitrogens with zero attached hydrogens (tertiary/aromatic N) is 3. The Morgan fingerprint density at radius 2 is 1.50 bits per heavy atom. The molecule has 0 N–H and O–H groups in total. The van der Waals surface area contributed by atoms with Crippen molar-refractivity contribution in [2.24, 2.45) is 0 Å². The molecular formula is C22H29N3Si. The maximum Gasteiger partial charge on any atom is 0.138 e. The number of benzene rings is 2. The molecule has 4 heteroatoms. The van der Waals surface area contributed by atoms with Crippen molar-refractivity contribution in [2.45, 2.75) is 38.5 Å². The van der Waals surface area contributed by atoms with E-state index >= 15 is 0 Å². The second-order valence-corrected chi connectivity index (χ2v) is 10.9. The number of nitriles is 1. The molecule has 1 fully saturated rings. The standard InChI is InChI=1S/C22H29N3Si/c1-22(2,3)25-18-17-24(16-10-15-23)21(25)26(19-11-6-4-7-12-19)20-13-8-5-9-14-20/h4-9,11-14,21,26H,10,16-18H2,1-3H3. The van der Waals surface area contributed by atoms with E-state index in [9.17, 15) is 0 Å². The van der Waals surface area contributed by atoms with Gasteiger partial charge in [0.25, 0.3) is 0 Å². The summed E-state index contributed by atoms with van der Waals surface area (Å²) in [6, 6.07) is 24.4. The van der Waals surface area contributed by atoms with Crippen molar-refractivity contribution in [3.05, 3.63) is 60.7 Å². The van der Waals surface area contributed by atoms with E-state index in [-0.39, 0.29) is 5.54 Å². The molecule has 1 unspecified atom stereocenters. The van der Waals surface area contributed by atoms with Crippen LogP contribution in [0.1, 0.15) is 27.2 Å².